The van der Waals surface area contributed by atoms with E-state index in [1.807, 2.05) is 0 Å². The lowest BCUT2D eigenvalue weighted by Gasteiger charge is -2.09. The Morgan fingerprint density at radius 2 is 1.86 bits per heavy atom. The van der Waals surface area contributed by atoms with Gasteiger partial charge in [-0.15, -0.1) is 0 Å². The highest BCUT2D eigenvalue weighted by molar-refractivity contribution is 6.31. The average Bonchev–Trinajstić information content (AvgIpc) is 3.51. The third kappa shape index (κ3) is 4.77. The Morgan fingerprint density at radius 3 is 2.63 bits per heavy atom. The maximum Gasteiger partial charge on any atom is 0.248 e. The maximum atomic E-state index is 13.5. The van der Waals surface area contributed by atoms with E-state index >= 15 is 0 Å². The van der Waals surface area contributed by atoms with Crippen molar-refractivity contribution in [1.29, 1.82) is 0 Å². The number of nitrogens with two attached hydrogens (primary N) is 1. The molecule has 0 saturated heterocycles. The second-order valence-corrected chi connectivity index (χ2v) is 7.51. The van der Waals surface area contributed by atoms with Crippen LogP contribution in [0.25, 0.3) is 22.6 Å². The van der Waals surface area contributed by atoms with E-state index in [4.69, 9.17) is 21.8 Å². The number of furan rings is 1. The summed E-state index contributed by atoms with van der Waals surface area (Å²) in [6, 6.07) is 14.3. The molecule has 0 saturated carbocycles. The quantitative estimate of drug-likeness (QED) is 0.222. The third-order valence-electron chi connectivity index (χ3n) is 4.72. The Hall–Kier alpha value is -4.84. The molecule has 0 aliphatic heterocycles. The molecule has 4 N–H and O–H groups in total. The van der Waals surface area contributed by atoms with Crippen LogP contribution in [0.5, 0.6) is 0 Å². The van der Waals surface area contributed by atoms with Gasteiger partial charge in [0.15, 0.2) is 11.6 Å². The Morgan fingerprint density at radius 1 is 1.06 bits per heavy atom. The van der Waals surface area contributed by atoms with Gasteiger partial charge in [0.05, 0.1) is 11.2 Å². The zero-order valence-corrected chi connectivity index (χ0v) is 18.3. The minimum absolute atomic E-state index is 0.0605. The predicted molar refractivity (Wildman–Crippen MR) is 126 cm³/mol. The van der Waals surface area contributed by atoms with E-state index in [2.05, 4.69) is 40.8 Å². The number of carbonyl (C=O) groups is 1. The van der Waals surface area contributed by atoms with Crippen LogP contribution in [0.3, 0.4) is 0 Å². The number of hydrogen-bond acceptors (Lipinski definition) is 10. The molecule has 0 aliphatic rings. The van der Waals surface area contributed by atoms with Crippen molar-refractivity contribution in [1.82, 2.24) is 20.3 Å². The molecule has 3 aromatic heterocycles. The maximum absolute atomic E-state index is 13.5. The van der Waals surface area contributed by atoms with E-state index in [9.17, 15) is 9.18 Å². The van der Waals surface area contributed by atoms with E-state index in [1.54, 1.807) is 36.4 Å². The monoisotopic (exact) mass is 492 g/mol. The lowest BCUT2D eigenvalue weighted by Crippen LogP contribution is -2.10. The number of halogens is 2. The van der Waals surface area contributed by atoms with Gasteiger partial charge >= 0.3 is 0 Å². The number of nitrogens with zero attached hydrogens (tertiary/aromatic N) is 5. The molecule has 0 aliphatic carbocycles. The number of hydrogen-bond donors (Lipinski definition) is 3. The molecule has 2 aromatic carbocycles. The average molecular weight is 493 g/mol. The van der Waals surface area contributed by atoms with Crippen LogP contribution in [0, 0.1) is 5.82 Å². The number of carbonyl (C=O) groups excluding carboxylic acids is 1. The van der Waals surface area contributed by atoms with Crippen LogP contribution in [-0.2, 0) is 0 Å². The molecule has 11 nitrogen and oxygen atoms in total. The summed E-state index contributed by atoms with van der Waals surface area (Å²) in [5.74, 6) is 0.273. The van der Waals surface area contributed by atoms with Crippen LogP contribution in [0.2, 0.25) is 5.02 Å². The van der Waals surface area contributed by atoms with Crippen molar-refractivity contribution < 1.29 is 18.2 Å². The number of rotatable bonds is 7. The van der Waals surface area contributed by atoms with E-state index in [0.717, 1.165) is 0 Å². The molecule has 0 bridgehead atoms. The normalized spacial score (nSPS) is 11.3. The van der Waals surface area contributed by atoms with Gasteiger partial charge in [-0.1, -0.05) is 23.7 Å². The van der Waals surface area contributed by atoms with Crippen molar-refractivity contribution in [3.05, 3.63) is 76.8 Å². The van der Waals surface area contributed by atoms with Gasteiger partial charge in [0, 0.05) is 16.8 Å². The fraction of sp³-hybridized carbons (Fsp3) is 0. The Balaban J connectivity index is 1.37. The highest BCUT2D eigenvalue weighted by Crippen LogP contribution is 2.27. The van der Waals surface area contributed by atoms with Crippen molar-refractivity contribution in [3.8, 4) is 11.3 Å². The lowest BCUT2D eigenvalue weighted by molar-refractivity contribution is 0.100. The number of nitrogens with one attached hydrogen (secondary N) is 2. The fourth-order valence-corrected chi connectivity index (χ4v) is 3.25. The second-order valence-electron chi connectivity index (χ2n) is 7.10. The van der Waals surface area contributed by atoms with Crippen LogP contribution in [0.1, 0.15) is 16.1 Å². The third-order valence-corrected chi connectivity index (χ3v) is 5.01. The molecule has 5 rings (SSSR count). The molecule has 35 heavy (non-hydrogen) atoms. The van der Waals surface area contributed by atoms with Gasteiger partial charge in [-0.05, 0) is 52.8 Å². The van der Waals surface area contributed by atoms with Crippen LogP contribution in [-0.4, -0.2) is 32.4 Å². The van der Waals surface area contributed by atoms with Gasteiger partial charge in [0.1, 0.15) is 17.3 Å². The molecule has 0 spiro atoms. The lowest BCUT2D eigenvalue weighted by atomic mass is 10.1. The van der Waals surface area contributed by atoms with Crippen molar-refractivity contribution in [2.45, 2.75) is 0 Å². The summed E-state index contributed by atoms with van der Waals surface area (Å²) in [6.45, 7) is 0. The van der Waals surface area contributed by atoms with Crippen molar-refractivity contribution in [2.24, 2.45) is 10.8 Å². The first-order valence-corrected chi connectivity index (χ1v) is 10.4. The van der Waals surface area contributed by atoms with E-state index in [-0.39, 0.29) is 28.0 Å². The number of hydrazone groups is 1. The summed E-state index contributed by atoms with van der Waals surface area (Å²) >= 11 is 5.86. The topological polar surface area (TPSA) is 157 Å². The standard InChI is InChI=1S/C22H14ClFN8O3/c23-15-9-13(4-6-16(15)24)27-19-20(29-22-21(28-19)31-35-32-22)30-26-10-14-5-7-17(34-14)11-2-1-3-12(8-11)18(25)33/h1-10H,(H2,25,33)(H,27,28,31)(H,29,30,32). The minimum atomic E-state index is -0.554. The summed E-state index contributed by atoms with van der Waals surface area (Å²) in [5, 5.41) is 14.4. The smallest absolute Gasteiger partial charge is 0.248 e. The zero-order chi connectivity index (χ0) is 24.4. The van der Waals surface area contributed by atoms with Crippen LogP contribution < -0.4 is 16.5 Å². The molecule has 5 aromatic rings. The van der Waals surface area contributed by atoms with E-state index in [1.165, 1.54) is 24.4 Å². The number of aromatic nitrogens is 4. The van der Waals surface area contributed by atoms with E-state index in [0.29, 0.717) is 28.3 Å². The van der Waals surface area contributed by atoms with Gasteiger partial charge in [-0.3, -0.25) is 10.2 Å². The molecule has 174 valence electrons. The molecule has 0 atom stereocenters. The molecule has 0 radical (unpaired) electrons. The van der Waals surface area contributed by atoms with Gasteiger partial charge in [0.2, 0.25) is 17.2 Å². The summed E-state index contributed by atoms with van der Waals surface area (Å²) < 4.78 is 23.9. The Bertz CT molecular complexity index is 1580. The van der Waals surface area contributed by atoms with Crippen molar-refractivity contribution in [3.63, 3.8) is 0 Å². The minimum Gasteiger partial charge on any atom is -0.455 e. The second kappa shape index (κ2) is 9.19. The molecule has 1 amide bonds. The Labute approximate surface area is 200 Å². The first-order chi connectivity index (χ1) is 17.0. The number of fused-ring (bicyclic) bond motifs is 1. The predicted octanol–water partition coefficient (Wildman–Crippen LogP) is 4.35. The molecule has 0 fully saturated rings. The van der Waals surface area contributed by atoms with Crippen molar-refractivity contribution in [2.75, 3.05) is 10.7 Å². The van der Waals surface area contributed by atoms with Crippen LogP contribution in [0.4, 0.5) is 21.7 Å². The van der Waals surface area contributed by atoms with Gasteiger partial charge in [0.25, 0.3) is 0 Å². The van der Waals surface area contributed by atoms with Crippen LogP contribution in [0.15, 0.2) is 68.7 Å². The van der Waals surface area contributed by atoms with Gasteiger partial charge in [-0.25, -0.2) is 14.0 Å². The number of amides is 1. The summed E-state index contributed by atoms with van der Waals surface area (Å²) in [7, 11) is 0. The largest absolute Gasteiger partial charge is 0.455 e. The summed E-state index contributed by atoms with van der Waals surface area (Å²) in [4.78, 5) is 20.0. The molecule has 0 unspecified atom stereocenters. The number of benzene rings is 2. The highest BCUT2D eigenvalue weighted by Gasteiger charge is 2.14. The van der Waals surface area contributed by atoms with Gasteiger partial charge in [-0.2, -0.15) is 10.1 Å². The summed E-state index contributed by atoms with van der Waals surface area (Å²) in [5.41, 5.74) is 9.92. The van der Waals surface area contributed by atoms with Crippen LogP contribution >= 0.6 is 11.6 Å². The molecule has 13 heteroatoms. The zero-order valence-electron chi connectivity index (χ0n) is 17.6. The Kier molecular flexibility index (Phi) is 5.77. The van der Waals surface area contributed by atoms with Gasteiger partial charge < -0.3 is 15.5 Å². The number of anilines is 3. The SMILES string of the molecule is NC(=O)c1cccc(-c2ccc(C=NNc3nc4nonc4nc3Nc3ccc(F)c(Cl)c3)o2)c1. The highest BCUT2D eigenvalue weighted by atomic mass is 35.5. The molecular formula is C22H14ClFN8O3. The first-order valence-electron chi connectivity index (χ1n) is 9.98. The van der Waals surface area contributed by atoms with E-state index < -0.39 is 11.7 Å². The van der Waals surface area contributed by atoms with Crippen molar-refractivity contribution >= 4 is 52.3 Å². The molecule has 3 heterocycles. The number of primary amides is 1. The molecular weight excluding hydrogens is 479 g/mol. The fourth-order valence-electron chi connectivity index (χ4n) is 3.07. The first kappa shape index (κ1) is 22.0. The summed E-state index contributed by atoms with van der Waals surface area (Å²) in [6.07, 6.45) is 1.42.